The Hall–Kier alpha value is -1.63. The van der Waals surface area contributed by atoms with Crippen molar-refractivity contribution in [3.05, 3.63) is 6.33 Å². The maximum Gasteiger partial charge on any atom is 0.242 e. The summed E-state index contributed by atoms with van der Waals surface area (Å²) in [7, 11) is 0. The number of nitrogen functional groups attached to an aromatic ring is 1. The highest BCUT2D eigenvalue weighted by molar-refractivity contribution is 5.75. The molecule has 0 aromatic carbocycles. The average Bonchev–Trinajstić information content (AvgIpc) is 2.79. The Morgan fingerprint density at radius 2 is 2.20 bits per heavy atom. The number of rotatable bonds is 9. The van der Waals surface area contributed by atoms with Gasteiger partial charge >= 0.3 is 0 Å². The second kappa shape index (κ2) is 8.52. The molecule has 7 nitrogen and oxygen atoms in total. The van der Waals surface area contributed by atoms with Gasteiger partial charge in [-0.1, -0.05) is 13.8 Å². The second-order valence-corrected chi connectivity index (χ2v) is 4.94. The predicted octanol–water partition coefficient (Wildman–Crippen LogP) is 0.487. The van der Waals surface area contributed by atoms with E-state index < -0.39 is 0 Å². The molecule has 0 fully saturated rings. The van der Waals surface area contributed by atoms with E-state index in [1.165, 1.54) is 11.0 Å². The number of aromatic nitrogens is 3. The smallest absolute Gasteiger partial charge is 0.242 e. The first kappa shape index (κ1) is 16.4. The zero-order valence-corrected chi connectivity index (χ0v) is 12.7. The third kappa shape index (κ3) is 6.01. The van der Waals surface area contributed by atoms with E-state index in [1.54, 1.807) is 0 Å². The zero-order chi connectivity index (χ0) is 15.0. The normalized spacial score (nSPS) is 12.6. The molecule has 0 saturated carbocycles. The average molecular weight is 282 g/mol. The number of nitrogens with two attached hydrogens (primary N) is 1. The SMILES string of the molecule is CCN(CC)CCCC(C)NC(=O)Cn1cnc(N)n1. The third-order valence-electron chi connectivity index (χ3n) is 3.27. The number of carbonyl (C=O) groups is 1. The van der Waals surface area contributed by atoms with Crippen LogP contribution in [-0.4, -0.2) is 51.2 Å². The molecule has 1 unspecified atom stereocenters. The molecule has 1 aromatic heterocycles. The molecule has 114 valence electrons. The van der Waals surface area contributed by atoms with Crippen molar-refractivity contribution in [3.8, 4) is 0 Å². The number of anilines is 1. The van der Waals surface area contributed by atoms with Crippen LogP contribution in [0.4, 0.5) is 5.95 Å². The summed E-state index contributed by atoms with van der Waals surface area (Å²) in [5, 5.41) is 6.84. The van der Waals surface area contributed by atoms with E-state index in [0.29, 0.717) is 0 Å². The highest BCUT2D eigenvalue weighted by atomic mass is 16.2. The molecular weight excluding hydrogens is 256 g/mol. The van der Waals surface area contributed by atoms with Crippen molar-refractivity contribution in [1.29, 1.82) is 0 Å². The summed E-state index contributed by atoms with van der Waals surface area (Å²) in [5.74, 6) is 0.121. The van der Waals surface area contributed by atoms with Crippen molar-refractivity contribution in [3.63, 3.8) is 0 Å². The largest absolute Gasteiger partial charge is 0.367 e. The van der Waals surface area contributed by atoms with Crippen molar-refractivity contribution in [1.82, 2.24) is 25.0 Å². The minimum Gasteiger partial charge on any atom is -0.367 e. The molecule has 20 heavy (non-hydrogen) atoms. The Labute approximate surface area is 120 Å². The van der Waals surface area contributed by atoms with Gasteiger partial charge in [0.1, 0.15) is 12.9 Å². The van der Waals surface area contributed by atoms with Gasteiger partial charge in [0.05, 0.1) is 0 Å². The van der Waals surface area contributed by atoms with E-state index in [9.17, 15) is 4.79 Å². The molecule has 0 aliphatic carbocycles. The van der Waals surface area contributed by atoms with Gasteiger partial charge in [0, 0.05) is 6.04 Å². The summed E-state index contributed by atoms with van der Waals surface area (Å²) in [6, 6.07) is 0.166. The first-order valence-corrected chi connectivity index (χ1v) is 7.21. The molecule has 1 atom stereocenters. The van der Waals surface area contributed by atoms with E-state index in [1.807, 2.05) is 6.92 Å². The van der Waals surface area contributed by atoms with Gasteiger partial charge in [0.15, 0.2) is 0 Å². The molecule has 0 aliphatic heterocycles. The molecular formula is C13H26N6O. The molecule has 0 aliphatic rings. The molecule has 7 heteroatoms. The fourth-order valence-electron chi connectivity index (χ4n) is 2.09. The molecule has 0 radical (unpaired) electrons. The van der Waals surface area contributed by atoms with Crippen molar-refractivity contribution >= 4 is 11.9 Å². The molecule has 1 heterocycles. The fraction of sp³-hybridized carbons (Fsp3) is 0.769. The van der Waals surface area contributed by atoms with Gasteiger partial charge < -0.3 is 16.0 Å². The molecule has 3 N–H and O–H groups in total. The second-order valence-electron chi connectivity index (χ2n) is 4.94. The predicted molar refractivity (Wildman–Crippen MR) is 79.1 cm³/mol. The number of nitrogens with one attached hydrogen (secondary N) is 1. The topological polar surface area (TPSA) is 89.1 Å². The summed E-state index contributed by atoms with van der Waals surface area (Å²) < 4.78 is 1.44. The van der Waals surface area contributed by atoms with Gasteiger partial charge in [-0.15, -0.1) is 5.10 Å². The van der Waals surface area contributed by atoms with Crippen LogP contribution < -0.4 is 11.1 Å². The number of nitrogens with zero attached hydrogens (tertiary/aromatic N) is 4. The van der Waals surface area contributed by atoms with Crippen molar-refractivity contribution in [2.24, 2.45) is 0 Å². The van der Waals surface area contributed by atoms with Crippen LogP contribution >= 0.6 is 0 Å². The Morgan fingerprint density at radius 1 is 1.50 bits per heavy atom. The van der Waals surface area contributed by atoms with Gasteiger partial charge in [-0.05, 0) is 39.4 Å². The maximum absolute atomic E-state index is 11.8. The standard InChI is InChI=1S/C13H26N6O/c1-4-18(5-2)8-6-7-11(3)16-12(20)9-19-10-15-13(14)17-19/h10-11H,4-9H2,1-3H3,(H2,14,17)(H,16,20). The summed E-state index contributed by atoms with van der Waals surface area (Å²) in [4.78, 5) is 18.0. The fourth-order valence-corrected chi connectivity index (χ4v) is 2.09. The van der Waals surface area contributed by atoms with Crippen LogP contribution in [0.2, 0.25) is 0 Å². The number of hydrogen-bond acceptors (Lipinski definition) is 5. The van der Waals surface area contributed by atoms with Crippen molar-refractivity contribution in [2.45, 2.75) is 46.2 Å². The van der Waals surface area contributed by atoms with Gasteiger partial charge in [0.25, 0.3) is 0 Å². The zero-order valence-electron chi connectivity index (χ0n) is 12.7. The summed E-state index contributed by atoms with van der Waals surface area (Å²) in [6.07, 6.45) is 3.51. The van der Waals surface area contributed by atoms with Crippen LogP contribution in [0.3, 0.4) is 0 Å². The Bertz CT molecular complexity index is 401. The Morgan fingerprint density at radius 3 is 2.75 bits per heavy atom. The third-order valence-corrected chi connectivity index (χ3v) is 3.27. The van der Waals surface area contributed by atoms with E-state index in [0.717, 1.165) is 32.5 Å². The minimum absolute atomic E-state index is 0.0646. The quantitative estimate of drug-likeness (QED) is 0.688. The van der Waals surface area contributed by atoms with Gasteiger partial charge in [-0.25, -0.2) is 9.67 Å². The minimum atomic E-state index is -0.0646. The lowest BCUT2D eigenvalue weighted by molar-refractivity contribution is -0.122. The first-order chi connectivity index (χ1) is 9.55. The van der Waals surface area contributed by atoms with Crippen LogP contribution in [0.15, 0.2) is 6.33 Å². The van der Waals surface area contributed by atoms with Crippen molar-refractivity contribution in [2.75, 3.05) is 25.4 Å². The van der Waals surface area contributed by atoms with Gasteiger partial charge in [-0.3, -0.25) is 4.79 Å². The van der Waals surface area contributed by atoms with E-state index >= 15 is 0 Å². The van der Waals surface area contributed by atoms with Gasteiger partial charge in [0.2, 0.25) is 11.9 Å². The highest BCUT2D eigenvalue weighted by Crippen LogP contribution is 2.00. The lowest BCUT2D eigenvalue weighted by atomic mass is 10.1. The summed E-state index contributed by atoms with van der Waals surface area (Å²) in [5.41, 5.74) is 5.40. The van der Waals surface area contributed by atoms with Gasteiger partial charge in [-0.2, -0.15) is 0 Å². The molecule has 0 bridgehead atoms. The Balaban J connectivity index is 2.21. The number of hydrogen-bond donors (Lipinski definition) is 2. The van der Waals surface area contributed by atoms with Crippen LogP contribution in [0.25, 0.3) is 0 Å². The van der Waals surface area contributed by atoms with Crippen LogP contribution in [0.5, 0.6) is 0 Å². The maximum atomic E-state index is 11.8. The number of amides is 1. The molecule has 0 spiro atoms. The lowest BCUT2D eigenvalue weighted by Gasteiger charge is -2.19. The van der Waals surface area contributed by atoms with Crippen LogP contribution in [-0.2, 0) is 11.3 Å². The van der Waals surface area contributed by atoms with Crippen LogP contribution in [0, 0.1) is 0 Å². The Kier molecular flexibility index (Phi) is 7.00. The van der Waals surface area contributed by atoms with E-state index in [4.69, 9.17) is 5.73 Å². The highest BCUT2D eigenvalue weighted by Gasteiger charge is 2.09. The summed E-state index contributed by atoms with van der Waals surface area (Å²) in [6.45, 7) is 9.74. The molecule has 1 rings (SSSR count). The van der Waals surface area contributed by atoms with Crippen molar-refractivity contribution < 1.29 is 4.79 Å². The van der Waals surface area contributed by atoms with E-state index in [2.05, 4.69) is 34.1 Å². The van der Waals surface area contributed by atoms with E-state index in [-0.39, 0.29) is 24.4 Å². The molecule has 1 aromatic rings. The van der Waals surface area contributed by atoms with Crippen LogP contribution in [0.1, 0.15) is 33.6 Å². The summed E-state index contributed by atoms with van der Waals surface area (Å²) >= 11 is 0. The molecule has 1 amide bonds. The monoisotopic (exact) mass is 282 g/mol. The number of carbonyl (C=O) groups excluding carboxylic acids is 1. The first-order valence-electron chi connectivity index (χ1n) is 7.21. The molecule has 0 saturated heterocycles. The lowest BCUT2D eigenvalue weighted by Crippen LogP contribution is -2.36.